The summed E-state index contributed by atoms with van der Waals surface area (Å²) in [5.41, 5.74) is -0.204. The molecular weight excluding hydrogens is 372 g/mol. The summed E-state index contributed by atoms with van der Waals surface area (Å²) < 4.78 is 5.39. The normalized spacial score (nSPS) is 28.5. The van der Waals surface area contributed by atoms with E-state index in [4.69, 9.17) is 4.74 Å². The predicted octanol–water partition coefficient (Wildman–Crippen LogP) is 1.73. The van der Waals surface area contributed by atoms with Gasteiger partial charge in [0, 0.05) is 13.1 Å². The molecule has 4 atom stereocenters. The molecule has 0 saturated carbocycles. The molecule has 2 heterocycles. The molecule has 0 aliphatic carbocycles. The molecule has 7 nitrogen and oxygen atoms in total. The van der Waals surface area contributed by atoms with Crippen LogP contribution in [0.15, 0.2) is 54.6 Å². The number of rotatable bonds is 4. The highest BCUT2D eigenvalue weighted by atomic mass is 16.5. The molecule has 0 unspecified atom stereocenters. The van der Waals surface area contributed by atoms with Gasteiger partial charge in [-0.3, -0.25) is 19.8 Å². The third kappa shape index (κ3) is 2.73. The zero-order chi connectivity index (χ0) is 20.8. The van der Waals surface area contributed by atoms with Crippen LogP contribution in [0.4, 0.5) is 0 Å². The lowest BCUT2D eigenvalue weighted by atomic mass is 9.75. The van der Waals surface area contributed by atoms with Gasteiger partial charge in [0.15, 0.2) is 5.54 Å². The van der Waals surface area contributed by atoms with Crippen molar-refractivity contribution in [2.24, 2.45) is 11.8 Å². The summed E-state index contributed by atoms with van der Waals surface area (Å²) in [6.07, 6.45) is 0. The second kappa shape index (κ2) is 7.00. The Labute approximate surface area is 168 Å². The third-order valence-corrected chi connectivity index (χ3v) is 5.86. The van der Waals surface area contributed by atoms with E-state index in [1.165, 1.54) is 19.2 Å². The number of esters is 1. The Bertz CT molecular complexity index is 959. The number of phenolic OH excluding ortho intramolecular Hbond substituents is 1. The van der Waals surface area contributed by atoms with E-state index in [1.807, 2.05) is 6.07 Å². The van der Waals surface area contributed by atoms with Crippen molar-refractivity contribution in [3.63, 3.8) is 0 Å². The Morgan fingerprint density at radius 1 is 1.10 bits per heavy atom. The topological polar surface area (TPSA) is 95.9 Å². The molecule has 29 heavy (non-hydrogen) atoms. The smallest absolute Gasteiger partial charge is 0.331 e. The maximum atomic E-state index is 13.3. The average Bonchev–Trinajstić information content (AvgIpc) is 3.20. The van der Waals surface area contributed by atoms with Gasteiger partial charge in [0.25, 0.3) is 0 Å². The maximum absolute atomic E-state index is 13.3. The van der Waals surface area contributed by atoms with Crippen LogP contribution >= 0.6 is 0 Å². The second-order valence-corrected chi connectivity index (χ2v) is 7.35. The molecule has 0 spiro atoms. The van der Waals surface area contributed by atoms with Gasteiger partial charge in [-0.05, 0) is 30.2 Å². The van der Waals surface area contributed by atoms with Crippen molar-refractivity contribution in [1.29, 1.82) is 0 Å². The van der Waals surface area contributed by atoms with Crippen LogP contribution in [0.5, 0.6) is 5.75 Å². The van der Waals surface area contributed by atoms with Gasteiger partial charge in [0.2, 0.25) is 11.8 Å². The van der Waals surface area contributed by atoms with Crippen molar-refractivity contribution in [3.8, 4) is 5.75 Å². The number of imide groups is 1. The van der Waals surface area contributed by atoms with Crippen molar-refractivity contribution in [2.75, 3.05) is 13.7 Å². The first-order chi connectivity index (χ1) is 13.9. The number of carbonyl (C=O) groups excluding carboxylic acids is 3. The first-order valence-electron chi connectivity index (χ1n) is 9.52. The first-order valence-corrected chi connectivity index (χ1v) is 9.52. The number of nitrogens with one attached hydrogen (secondary N) is 1. The lowest BCUT2D eigenvalue weighted by Crippen LogP contribution is -2.53. The largest absolute Gasteiger partial charge is 0.508 e. The molecule has 0 bridgehead atoms. The van der Waals surface area contributed by atoms with Crippen LogP contribution in [-0.2, 0) is 24.7 Å². The van der Waals surface area contributed by atoms with Gasteiger partial charge in [-0.15, -0.1) is 0 Å². The van der Waals surface area contributed by atoms with Gasteiger partial charge >= 0.3 is 5.97 Å². The maximum Gasteiger partial charge on any atom is 0.331 e. The number of benzene rings is 2. The minimum Gasteiger partial charge on any atom is -0.508 e. The fourth-order valence-electron chi connectivity index (χ4n) is 4.54. The summed E-state index contributed by atoms with van der Waals surface area (Å²) in [6, 6.07) is 14.7. The molecule has 2 aromatic carbocycles. The summed E-state index contributed by atoms with van der Waals surface area (Å²) >= 11 is 0. The fraction of sp³-hybridized carbons (Fsp3) is 0.318. The molecule has 150 valence electrons. The van der Waals surface area contributed by atoms with Crippen molar-refractivity contribution in [3.05, 3.63) is 65.7 Å². The number of phenols is 1. The number of carbonyl (C=O) groups is 3. The number of hydrogen-bond acceptors (Lipinski definition) is 6. The van der Waals surface area contributed by atoms with E-state index in [0.29, 0.717) is 11.1 Å². The Hall–Kier alpha value is -3.19. The molecule has 2 saturated heterocycles. The van der Waals surface area contributed by atoms with E-state index < -0.39 is 35.3 Å². The van der Waals surface area contributed by atoms with Gasteiger partial charge in [-0.25, -0.2) is 4.79 Å². The molecule has 2 fully saturated rings. The highest BCUT2D eigenvalue weighted by molar-refractivity contribution is 6.09. The van der Waals surface area contributed by atoms with Crippen LogP contribution in [0.3, 0.4) is 0 Å². The number of aromatic hydroxyl groups is 1. The van der Waals surface area contributed by atoms with E-state index in [-0.39, 0.29) is 18.3 Å². The monoisotopic (exact) mass is 394 g/mol. The minimum atomic E-state index is -1.48. The summed E-state index contributed by atoms with van der Waals surface area (Å²) in [5.74, 6) is -2.94. The molecule has 4 rings (SSSR count). The van der Waals surface area contributed by atoms with Crippen LogP contribution < -0.4 is 5.32 Å². The SMILES string of the molecule is CCOC(=O)[C@@]1(c2ccccc2)N[C@@H](c2ccc(O)cc2)[C@H]2C(=O)N(C)C(=O)[C@@H]21. The van der Waals surface area contributed by atoms with Gasteiger partial charge in [-0.2, -0.15) is 0 Å². The standard InChI is InChI=1S/C22H22N2O5/c1-3-29-21(28)22(14-7-5-4-6-8-14)17-16(19(26)24(2)20(17)27)18(23-22)13-9-11-15(25)12-10-13/h4-12,16-18,23,25H,3H2,1-2H3/t16-,17+,18-,22-/m0/s1. The summed E-state index contributed by atoms with van der Waals surface area (Å²) in [6.45, 7) is 1.85. The number of likely N-dealkylation sites (tertiary alicyclic amines) is 1. The Morgan fingerprint density at radius 3 is 2.38 bits per heavy atom. The zero-order valence-electron chi connectivity index (χ0n) is 16.2. The first kappa shape index (κ1) is 19.1. The summed E-state index contributed by atoms with van der Waals surface area (Å²) in [7, 11) is 1.44. The van der Waals surface area contributed by atoms with Crippen molar-refractivity contribution < 1.29 is 24.2 Å². The molecule has 2 N–H and O–H groups in total. The molecule has 2 aliphatic rings. The molecule has 2 aromatic rings. The minimum absolute atomic E-state index is 0.0916. The van der Waals surface area contributed by atoms with E-state index in [2.05, 4.69) is 5.32 Å². The lowest BCUT2D eigenvalue weighted by molar-refractivity contribution is -0.156. The average molecular weight is 394 g/mol. The van der Waals surface area contributed by atoms with Crippen LogP contribution in [0, 0.1) is 11.8 Å². The molecule has 0 radical (unpaired) electrons. The number of amides is 2. The van der Waals surface area contributed by atoms with E-state index in [0.717, 1.165) is 4.90 Å². The molecule has 0 aromatic heterocycles. The third-order valence-electron chi connectivity index (χ3n) is 5.86. The Kier molecular flexibility index (Phi) is 4.62. The van der Waals surface area contributed by atoms with Crippen molar-refractivity contribution in [2.45, 2.75) is 18.5 Å². The Balaban J connectivity index is 1.93. The number of nitrogens with zero attached hydrogens (tertiary/aromatic N) is 1. The quantitative estimate of drug-likeness (QED) is 0.606. The van der Waals surface area contributed by atoms with Gasteiger partial charge in [-0.1, -0.05) is 42.5 Å². The van der Waals surface area contributed by atoms with E-state index >= 15 is 0 Å². The van der Waals surface area contributed by atoms with Gasteiger partial charge in [0.1, 0.15) is 5.75 Å². The summed E-state index contributed by atoms with van der Waals surface area (Å²) in [5, 5.41) is 12.9. The van der Waals surface area contributed by atoms with Crippen LogP contribution in [0.2, 0.25) is 0 Å². The van der Waals surface area contributed by atoms with E-state index in [9.17, 15) is 19.5 Å². The van der Waals surface area contributed by atoms with E-state index in [1.54, 1.807) is 43.3 Å². The highest BCUT2D eigenvalue weighted by Gasteiger charge is 2.69. The van der Waals surface area contributed by atoms with Gasteiger partial charge < -0.3 is 9.84 Å². The van der Waals surface area contributed by atoms with Crippen LogP contribution in [0.25, 0.3) is 0 Å². The van der Waals surface area contributed by atoms with Crippen molar-refractivity contribution >= 4 is 17.8 Å². The molecular formula is C22H22N2O5. The molecule has 2 amide bonds. The number of hydrogen-bond donors (Lipinski definition) is 2. The zero-order valence-corrected chi connectivity index (χ0v) is 16.2. The summed E-state index contributed by atoms with van der Waals surface area (Å²) in [4.78, 5) is 40.5. The van der Waals surface area contributed by atoms with Gasteiger partial charge in [0.05, 0.1) is 18.4 Å². The lowest BCUT2D eigenvalue weighted by Gasteiger charge is -2.33. The molecule has 7 heteroatoms. The fourth-order valence-corrected chi connectivity index (χ4v) is 4.54. The Morgan fingerprint density at radius 2 is 1.76 bits per heavy atom. The second-order valence-electron chi connectivity index (χ2n) is 7.35. The van der Waals surface area contributed by atoms with Crippen molar-refractivity contribution in [1.82, 2.24) is 10.2 Å². The van der Waals surface area contributed by atoms with Crippen LogP contribution in [0.1, 0.15) is 24.1 Å². The number of fused-ring (bicyclic) bond motifs is 1. The van der Waals surface area contributed by atoms with Crippen LogP contribution in [-0.4, -0.2) is 41.4 Å². The molecule has 2 aliphatic heterocycles. The predicted molar refractivity (Wildman–Crippen MR) is 103 cm³/mol. The number of ether oxygens (including phenoxy) is 1. The highest BCUT2D eigenvalue weighted by Crippen LogP contribution is 2.53.